The number of ether oxygens (including phenoxy) is 2. The van der Waals surface area contributed by atoms with Crippen molar-refractivity contribution in [3.63, 3.8) is 0 Å². The maximum Gasteiger partial charge on any atom is 0.358 e. The molecule has 1 amide bonds. The number of aliphatic hydroxyl groups is 1. The van der Waals surface area contributed by atoms with E-state index in [9.17, 15) is 23.9 Å². The monoisotopic (exact) mass is 560 g/mol. The fourth-order valence-electron chi connectivity index (χ4n) is 6.34. The smallest absolute Gasteiger partial charge is 0.358 e. The minimum atomic E-state index is -0.824. The molecule has 3 fully saturated rings. The van der Waals surface area contributed by atoms with Gasteiger partial charge in [-0.15, -0.1) is 11.8 Å². The normalized spacial score (nSPS) is 27.5. The molecule has 5 rings (SSSR count). The van der Waals surface area contributed by atoms with Crippen LogP contribution in [0.3, 0.4) is 0 Å². The number of rotatable bonds is 9. The maximum atomic E-state index is 13.3. The number of likely N-dealkylation sites (tertiary alicyclic amines) is 1. The summed E-state index contributed by atoms with van der Waals surface area (Å²) in [5, 5.41) is 10.4. The molecule has 2 saturated heterocycles. The number of hydrogen-bond acceptors (Lipinski definition) is 8. The third-order valence-electron chi connectivity index (χ3n) is 8.67. The molecule has 39 heavy (non-hydrogen) atoms. The van der Waals surface area contributed by atoms with Gasteiger partial charge in [-0.2, -0.15) is 0 Å². The van der Waals surface area contributed by atoms with Crippen molar-refractivity contribution in [2.75, 3.05) is 19.9 Å². The molecule has 1 N–H and O–H groups in total. The van der Waals surface area contributed by atoms with Gasteiger partial charge in [-0.3, -0.25) is 14.5 Å². The van der Waals surface area contributed by atoms with Crippen molar-refractivity contribution in [3.8, 4) is 0 Å². The average molecular weight is 561 g/mol. The lowest BCUT2D eigenvalue weighted by Crippen LogP contribution is -2.63. The lowest BCUT2D eigenvalue weighted by Gasteiger charge is -2.46. The van der Waals surface area contributed by atoms with E-state index >= 15 is 0 Å². The van der Waals surface area contributed by atoms with Crippen molar-refractivity contribution in [2.45, 2.75) is 76.8 Å². The van der Waals surface area contributed by atoms with Crippen LogP contribution in [0.25, 0.3) is 0 Å². The highest BCUT2D eigenvalue weighted by Gasteiger charge is 2.60. The molecule has 1 aliphatic carbocycles. The Balaban J connectivity index is 1.23. The zero-order valence-electron chi connectivity index (χ0n) is 22.7. The van der Waals surface area contributed by atoms with Crippen molar-refractivity contribution in [3.05, 3.63) is 46.2 Å². The number of esters is 2. The lowest BCUT2D eigenvalue weighted by molar-refractivity contribution is -0.177. The second-order valence-corrected chi connectivity index (χ2v) is 13.0. The molecule has 4 aliphatic rings. The van der Waals surface area contributed by atoms with E-state index in [1.54, 1.807) is 30.8 Å². The number of amides is 1. The van der Waals surface area contributed by atoms with Gasteiger partial charge in [-0.05, 0) is 44.4 Å². The molecule has 3 heterocycles. The Kier molecular flexibility index (Phi) is 8.08. The van der Waals surface area contributed by atoms with Crippen molar-refractivity contribution >= 4 is 29.6 Å². The van der Waals surface area contributed by atoms with Gasteiger partial charge < -0.3 is 19.5 Å². The quantitative estimate of drug-likeness (QED) is 0.277. The maximum absolute atomic E-state index is 13.3. The van der Waals surface area contributed by atoms with E-state index in [2.05, 4.69) is 4.90 Å². The Labute approximate surface area is 232 Å². The molecule has 212 valence electrons. The van der Waals surface area contributed by atoms with Crippen LogP contribution in [0.2, 0.25) is 0 Å². The first-order valence-corrected chi connectivity index (χ1v) is 14.7. The fraction of sp³-hybridized carbons (Fsp3) is 0.621. The van der Waals surface area contributed by atoms with Crippen LogP contribution in [0.4, 0.5) is 4.39 Å². The summed E-state index contributed by atoms with van der Waals surface area (Å²) in [6.45, 7) is 7.25. The van der Waals surface area contributed by atoms with E-state index in [1.165, 1.54) is 17.0 Å². The van der Waals surface area contributed by atoms with E-state index in [4.69, 9.17) is 9.47 Å². The summed E-state index contributed by atoms with van der Waals surface area (Å²) in [6, 6.07) is 6.16. The Bertz CT molecular complexity index is 1140. The van der Waals surface area contributed by atoms with Crippen molar-refractivity contribution in [1.82, 2.24) is 9.80 Å². The summed E-state index contributed by atoms with van der Waals surface area (Å²) in [5.74, 6) is -2.30. The highest BCUT2D eigenvalue weighted by molar-refractivity contribution is 8.03. The van der Waals surface area contributed by atoms with E-state index in [0.29, 0.717) is 6.54 Å². The zero-order valence-corrected chi connectivity index (χ0v) is 23.5. The number of carbonyl (C=O) groups is 3. The van der Waals surface area contributed by atoms with Crippen molar-refractivity contribution in [2.24, 2.45) is 17.3 Å². The summed E-state index contributed by atoms with van der Waals surface area (Å²) in [4.78, 5) is 43.4. The number of carbonyl (C=O) groups excluding carboxylic acids is 3. The van der Waals surface area contributed by atoms with Gasteiger partial charge in [0.15, 0.2) is 0 Å². The second-order valence-electron chi connectivity index (χ2n) is 11.6. The Morgan fingerprint density at radius 1 is 1.15 bits per heavy atom. The van der Waals surface area contributed by atoms with Gasteiger partial charge in [0.1, 0.15) is 11.5 Å². The first-order valence-electron chi connectivity index (χ1n) is 13.8. The standard InChI is InChI=1S/C29H37FN2O6S/c1-17-23-22(18(2)33)26(34)32(23)24(27(35)37-16-38-28(36)29(3)11-5-4-6-12-29)25(17)39-21-14-31(15-21)13-19-7-9-20(30)10-8-19/h7-10,17-18,21-23,33H,4-6,11-16H2,1-3H3/t17-,18-,22-,23-/m1/s1. The van der Waals surface area contributed by atoms with Crippen LogP contribution in [0.15, 0.2) is 34.9 Å². The Hall–Kier alpha value is -2.43. The number of aliphatic hydroxyl groups excluding tert-OH is 1. The zero-order chi connectivity index (χ0) is 27.9. The Morgan fingerprint density at radius 2 is 1.82 bits per heavy atom. The molecule has 0 bridgehead atoms. The molecule has 8 nitrogen and oxygen atoms in total. The summed E-state index contributed by atoms with van der Waals surface area (Å²) in [7, 11) is 0. The molecule has 0 unspecified atom stereocenters. The summed E-state index contributed by atoms with van der Waals surface area (Å²) < 4.78 is 24.0. The van der Waals surface area contributed by atoms with Crippen molar-refractivity contribution in [1.29, 1.82) is 0 Å². The molecule has 1 saturated carbocycles. The highest BCUT2D eigenvalue weighted by atomic mass is 32.2. The van der Waals surface area contributed by atoms with Crippen LogP contribution in [0, 0.1) is 23.1 Å². The minimum Gasteiger partial charge on any atom is -0.427 e. The van der Waals surface area contributed by atoms with Gasteiger partial charge in [0.25, 0.3) is 0 Å². The number of halogens is 1. The highest BCUT2D eigenvalue weighted by Crippen LogP contribution is 2.52. The number of hydrogen-bond donors (Lipinski definition) is 1. The summed E-state index contributed by atoms with van der Waals surface area (Å²) >= 11 is 1.57. The third kappa shape index (κ3) is 5.47. The van der Waals surface area contributed by atoms with Crippen LogP contribution in [-0.4, -0.2) is 70.0 Å². The van der Waals surface area contributed by atoms with E-state index in [-0.39, 0.29) is 40.6 Å². The van der Waals surface area contributed by atoms with Crippen molar-refractivity contribution < 1.29 is 33.4 Å². The van der Waals surface area contributed by atoms with E-state index in [0.717, 1.165) is 55.7 Å². The second kappa shape index (κ2) is 11.2. The van der Waals surface area contributed by atoms with Gasteiger partial charge in [0, 0.05) is 35.7 Å². The molecular weight excluding hydrogens is 523 g/mol. The van der Waals surface area contributed by atoms with Gasteiger partial charge >= 0.3 is 11.9 Å². The topological polar surface area (TPSA) is 96.4 Å². The SMILES string of the molecule is C[C@@H](O)[C@H]1C(=O)N2C(C(=O)OCOC(=O)C3(C)CCCCC3)=C(SC3CN(Cc4ccc(F)cc4)C3)[C@H](C)[C@H]12. The van der Waals surface area contributed by atoms with Crippen LogP contribution in [-0.2, 0) is 30.4 Å². The first-order chi connectivity index (χ1) is 18.6. The summed E-state index contributed by atoms with van der Waals surface area (Å²) in [6.07, 6.45) is 3.74. The van der Waals surface area contributed by atoms with Crippen LogP contribution >= 0.6 is 11.8 Å². The number of benzene rings is 1. The van der Waals surface area contributed by atoms with E-state index in [1.807, 2.05) is 13.8 Å². The molecule has 0 spiro atoms. The number of nitrogens with zero attached hydrogens (tertiary/aromatic N) is 2. The van der Waals surface area contributed by atoms with Crippen LogP contribution < -0.4 is 0 Å². The number of thioether (sulfide) groups is 1. The number of β-lactam (4-membered cyclic amide) rings is 1. The third-order valence-corrected chi connectivity index (χ3v) is 10.1. The van der Waals surface area contributed by atoms with E-state index < -0.39 is 30.2 Å². The molecule has 3 aliphatic heterocycles. The number of fused-ring (bicyclic) bond motifs is 1. The van der Waals surface area contributed by atoms with Gasteiger partial charge in [0.2, 0.25) is 12.7 Å². The van der Waals surface area contributed by atoms with Gasteiger partial charge in [-0.25, -0.2) is 9.18 Å². The minimum absolute atomic E-state index is 0.135. The molecule has 0 radical (unpaired) electrons. The summed E-state index contributed by atoms with van der Waals surface area (Å²) in [5.41, 5.74) is 0.680. The predicted molar refractivity (Wildman–Crippen MR) is 143 cm³/mol. The predicted octanol–water partition coefficient (Wildman–Crippen LogP) is 3.83. The fourth-order valence-corrected chi connectivity index (χ4v) is 7.92. The molecule has 1 aromatic rings. The molecule has 10 heteroatoms. The first kappa shape index (κ1) is 28.1. The largest absolute Gasteiger partial charge is 0.427 e. The lowest BCUT2D eigenvalue weighted by atomic mass is 9.76. The molecule has 0 aromatic heterocycles. The molecular formula is C29H37FN2O6S. The van der Waals surface area contributed by atoms with Gasteiger partial charge in [-0.1, -0.05) is 38.3 Å². The van der Waals surface area contributed by atoms with Crippen LogP contribution in [0.1, 0.15) is 58.4 Å². The van der Waals surface area contributed by atoms with Crippen LogP contribution in [0.5, 0.6) is 0 Å². The molecule has 1 aromatic carbocycles. The Morgan fingerprint density at radius 3 is 2.46 bits per heavy atom. The average Bonchev–Trinajstić information content (AvgIpc) is 3.11. The molecule has 4 atom stereocenters. The van der Waals surface area contributed by atoms with Gasteiger partial charge in [0.05, 0.1) is 23.5 Å².